The third-order valence-corrected chi connectivity index (χ3v) is 3.53. The molecule has 0 spiro atoms. The summed E-state index contributed by atoms with van der Waals surface area (Å²) in [5.41, 5.74) is 1.19. The lowest BCUT2D eigenvalue weighted by atomic mass is 10.1. The molecule has 5 nitrogen and oxygen atoms in total. The zero-order valence-corrected chi connectivity index (χ0v) is 11.9. The van der Waals surface area contributed by atoms with Crippen LogP contribution in [-0.4, -0.2) is 16.0 Å². The molecule has 5 heteroatoms. The Hall–Kier alpha value is -3.08. The van der Waals surface area contributed by atoms with E-state index in [1.165, 1.54) is 0 Å². The van der Waals surface area contributed by atoms with Crippen LogP contribution in [0, 0.1) is 6.92 Å². The highest BCUT2D eigenvalue weighted by atomic mass is 16.3. The van der Waals surface area contributed by atoms with Gasteiger partial charge < -0.3 is 10.4 Å². The summed E-state index contributed by atoms with van der Waals surface area (Å²) in [6, 6.07) is 14.0. The number of benzene rings is 2. The number of fused-ring (bicyclic) bond motifs is 1. The Bertz CT molecular complexity index is 929. The second kappa shape index (κ2) is 5.37. The highest BCUT2D eigenvalue weighted by Crippen LogP contribution is 2.24. The van der Waals surface area contributed by atoms with Crippen molar-refractivity contribution in [3.63, 3.8) is 0 Å². The van der Waals surface area contributed by atoms with Crippen LogP contribution < -0.4 is 10.9 Å². The SMILES string of the molecule is Cc1ccccc1NC(=O)c1c(O)[nH]c(=O)c2ccccc12. The van der Waals surface area contributed by atoms with Crippen LogP contribution in [0.1, 0.15) is 15.9 Å². The minimum Gasteiger partial charge on any atom is -0.494 e. The fraction of sp³-hybridized carbons (Fsp3) is 0.0588. The number of carbonyl (C=O) groups is 1. The average Bonchev–Trinajstić information content (AvgIpc) is 2.49. The van der Waals surface area contributed by atoms with Gasteiger partial charge in [-0.05, 0) is 24.6 Å². The summed E-state index contributed by atoms with van der Waals surface area (Å²) in [7, 11) is 0. The van der Waals surface area contributed by atoms with Gasteiger partial charge in [-0.1, -0.05) is 36.4 Å². The summed E-state index contributed by atoms with van der Waals surface area (Å²) in [4.78, 5) is 26.7. The molecule has 0 aliphatic carbocycles. The zero-order valence-electron chi connectivity index (χ0n) is 11.9. The van der Waals surface area contributed by atoms with E-state index >= 15 is 0 Å². The Morgan fingerprint density at radius 2 is 1.68 bits per heavy atom. The maximum absolute atomic E-state index is 12.5. The number of amides is 1. The van der Waals surface area contributed by atoms with E-state index in [1.54, 1.807) is 30.3 Å². The first kappa shape index (κ1) is 13.9. The van der Waals surface area contributed by atoms with Gasteiger partial charge in [0.15, 0.2) is 0 Å². The molecule has 0 unspecified atom stereocenters. The van der Waals surface area contributed by atoms with Crippen molar-refractivity contribution in [3.8, 4) is 5.88 Å². The summed E-state index contributed by atoms with van der Waals surface area (Å²) in [5, 5.41) is 13.5. The van der Waals surface area contributed by atoms with Crippen LogP contribution >= 0.6 is 0 Å². The number of para-hydroxylation sites is 1. The average molecular weight is 294 g/mol. The largest absolute Gasteiger partial charge is 0.494 e. The zero-order chi connectivity index (χ0) is 15.7. The van der Waals surface area contributed by atoms with Gasteiger partial charge in [0.1, 0.15) is 5.56 Å². The van der Waals surface area contributed by atoms with Crippen LogP contribution in [0.5, 0.6) is 5.88 Å². The number of anilines is 1. The summed E-state index contributed by atoms with van der Waals surface area (Å²) in [6.07, 6.45) is 0. The number of aryl methyl sites for hydroxylation is 1. The molecule has 110 valence electrons. The third kappa shape index (κ3) is 2.33. The van der Waals surface area contributed by atoms with E-state index < -0.39 is 17.3 Å². The number of hydrogen-bond acceptors (Lipinski definition) is 3. The molecule has 0 aliphatic rings. The lowest BCUT2D eigenvalue weighted by Gasteiger charge is -2.11. The van der Waals surface area contributed by atoms with Crippen molar-refractivity contribution in [2.24, 2.45) is 0 Å². The molecule has 2 aromatic carbocycles. The first-order valence-electron chi connectivity index (χ1n) is 6.79. The highest BCUT2D eigenvalue weighted by molar-refractivity contribution is 6.14. The van der Waals surface area contributed by atoms with Crippen LogP contribution in [0.15, 0.2) is 53.3 Å². The van der Waals surface area contributed by atoms with Crippen LogP contribution in [0.3, 0.4) is 0 Å². The van der Waals surface area contributed by atoms with Crippen LogP contribution in [0.2, 0.25) is 0 Å². The maximum Gasteiger partial charge on any atom is 0.261 e. The van der Waals surface area contributed by atoms with Gasteiger partial charge in [0.2, 0.25) is 5.88 Å². The predicted molar refractivity (Wildman–Crippen MR) is 85.4 cm³/mol. The molecule has 3 aromatic rings. The number of nitrogens with one attached hydrogen (secondary N) is 2. The standard InChI is InChI=1S/C17H14N2O3/c1-10-6-2-5-9-13(10)18-16(21)14-11-7-3-4-8-12(11)15(20)19-17(14)22/h2-9H,1H3,(H,18,21)(H2,19,20,22). The van der Waals surface area contributed by atoms with E-state index in [-0.39, 0.29) is 5.56 Å². The number of pyridine rings is 1. The molecule has 0 saturated heterocycles. The Balaban J connectivity index is 2.12. The van der Waals surface area contributed by atoms with Crippen molar-refractivity contribution in [3.05, 3.63) is 70.0 Å². The molecule has 1 amide bonds. The van der Waals surface area contributed by atoms with Gasteiger partial charge >= 0.3 is 0 Å². The van der Waals surface area contributed by atoms with Crippen LogP contribution in [0.25, 0.3) is 10.8 Å². The van der Waals surface area contributed by atoms with Gasteiger partial charge in [-0.15, -0.1) is 0 Å². The van der Waals surface area contributed by atoms with Crippen molar-refractivity contribution in [2.45, 2.75) is 6.92 Å². The van der Waals surface area contributed by atoms with Gasteiger partial charge in [-0.2, -0.15) is 0 Å². The lowest BCUT2D eigenvalue weighted by Crippen LogP contribution is -2.17. The minimum absolute atomic E-state index is 0.0541. The van der Waals surface area contributed by atoms with Crippen molar-refractivity contribution < 1.29 is 9.90 Å². The molecule has 3 N–H and O–H groups in total. The monoisotopic (exact) mass is 294 g/mol. The summed E-state index contributed by atoms with van der Waals surface area (Å²) in [6.45, 7) is 1.88. The summed E-state index contributed by atoms with van der Waals surface area (Å²) < 4.78 is 0. The Morgan fingerprint density at radius 3 is 2.41 bits per heavy atom. The number of hydrogen-bond donors (Lipinski definition) is 3. The van der Waals surface area contributed by atoms with Gasteiger partial charge in [-0.3, -0.25) is 14.6 Å². The quantitative estimate of drug-likeness (QED) is 0.679. The first-order chi connectivity index (χ1) is 10.6. The Labute approximate surface area is 126 Å². The van der Waals surface area contributed by atoms with Gasteiger partial charge in [0, 0.05) is 16.5 Å². The topological polar surface area (TPSA) is 82.2 Å². The second-order valence-electron chi connectivity index (χ2n) is 4.99. The van der Waals surface area contributed by atoms with E-state index in [0.717, 1.165) is 5.56 Å². The molecular formula is C17H14N2O3. The van der Waals surface area contributed by atoms with Crippen LogP contribution in [0.4, 0.5) is 5.69 Å². The van der Waals surface area contributed by atoms with Crippen molar-refractivity contribution in [1.82, 2.24) is 4.98 Å². The second-order valence-corrected chi connectivity index (χ2v) is 4.99. The molecule has 0 fully saturated rings. The number of H-pyrrole nitrogens is 1. The van der Waals surface area contributed by atoms with E-state index in [1.807, 2.05) is 25.1 Å². The number of carbonyl (C=O) groups excluding carboxylic acids is 1. The lowest BCUT2D eigenvalue weighted by molar-refractivity contribution is 0.102. The van der Waals surface area contributed by atoms with Gasteiger partial charge in [0.05, 0.1) is 0 Å². The van der Waals surface area contributed by atoms with E-state index in [4.69, 9.17) is 0 Å². The van der Waals surface area contributed by atoms with Crippen molar-refractivity contribution >= 4 is 22.4 Å². The van der Waals surface area contributed by atoms with E-state index in [0.29, 0.717) is 16.5 Å². The Kier molecular flexibility index (Phi) is 3.39. The molecule has 0 saturated carbocycles. The first-order valence-corrected chi connectivity index (χ1v) is 6.79. The summed E-state index contributed by atoms with van der Waals surface area (Å²) >= 11 is 0. The van der Waals surface area contributed by atoms with Gasteiger partial charge in [0.25, 0.3) is 11.5 Å². The fourth-order valence-electron chi connectivity index (χ4n) is 2.39. The number of aromatic hydroxyl groups is 1. The number of aromatic nitrogens is 1. The summed E-state index contributed by atoms with van der Waals surface area (Å²) in [5.74, 6) is -0.908. The molecule has 1 aromatic heterocycles. The Morgan fingerprint density at radius 1 is 1.05 bits per heavy atom. The maximum atomic E-state index is 12.5. The predicted octanol–water partition coefficient (Wildman–Crippen LogP) is 2.79. The van der Waals surface area contributed by atoms with Crippen molar-refractivity contribution in [2.75, 3.05) is 5.32 Å². The molecular weight excluding hydrogens is 280 g/mol. The fourth-order valence-corrected chi connectivity index (χ4v) is 2.39. The smallest absolute Gasteiger partial charge is 0.261 e. The molecule has 3 rings (SSSR count). The van der Waals surface area contributed by atoms with E-state index in [2.05, 4.69) is 10.3 Å². The van der Waals surface area contributed by atoms with Gasteiger partial charge in [-0.25, -0.2) is 0 Å². The number of rotatable bonds is 2. The molecule has 0 aliphatic heterocycles. The normalized spacial score (nSPS) is 10.6. The molecule has 22 heavy (non-hydrogen) atoms. The van der Waals surface area contributed by atoms with Crippen LogP contribution in [-0.2, 0) is 0 Å². The molecule has 0 atom stereocenters. The third-order valence-electron chi connectivity index (χ3n) is 3.53. The molecule has 1 heterocycles. The highest BCUT2D eigenvalue weighted by Gasteiger charge is 2.18. The number of aromatic amines is 1. The molecule has 0 bridgehead atoms. The molecule has 0 radical (unpaired) electrons. The minimum atomic E-state index is -0.473. The van der Waals surface area contributed by atoms with Crippen molar-refractivity contribution in [1.29, 1.82) is 0 Å². The van der Waals surface area contributed by atoms with E-state index in [9.17, 15) is 14.7 Å².